The number of nitrogens with one attached hydrogen (secondary N) is 1. The highest BCUT2D eigenvalue weighted by molar-refractivity contribution is 9.10. The minimum atomic E-state index is -3.95. The van der Waals surface area contributed by atoms with Crippen LogP contribution in [0.3, 0.4) is 0 Å². The average Bonchev–Trinajstić information content (AvgIpc) is 2.33. The Labute approximate surface area is 128 Å². The summed E-state index contributed by atoms with van der Waals surface area (Å²) in [6.45, 7) is 0. The SMILES string of the molecule is Nc1cccc(Cl)c1S(=O)(=O)Nc1ccc(F)c(Br)c1. The number of hydrogen-bond acceptors (Lipinski definition) is 3. The Hall–Kier alpha value is -1.31. The first-order valence-electron chi connectivity index (χ1n) is 5.33. The molecule has 0 saturated heterocycles. The fourth-order valence-corrected chi connectivity index (χ4v) is 3.68. The van der Waals surface area contributed by atoms with E-state index in [2.05, 4.69) is 20.7 Å². The minimum Gasteiger partial charge on any atom is -0.398 e. The Kier molecular flexibility index (Phi) is 4.22. The van der Waals surface area contributed by atoms with E-state index < -0.39 is 15.8 Å². The zero-order valence-electron chi connectivity index (χ0n) is 9.90. The molecule has 0 bridgehead atoms. The molecule has 0 unspecified atom stereocenters. The van der Waals surface area contributed by atoms with Crippen LogP contribution in [0.5, 0.6) is 0 Å². The summed E-state index contributed by atoms with van der Waals surface area (Å²) in [5.41, 5.74) is 5.87. The van der Waals surface area contributed by atoms with Gasteiger partial charge in [-0.2, -0.15) is 0 Å². The molecule has 0 fully saturated rings. The fourth-order valence-electron chi connectivity index (χ4n) is 1.57. The maximum Gasteiger partial charge on any atom is 0.265 e. The van der Waals surface area contributed by atoms with Crippen molar-refractivity contribution < 1.29 is 12.8 Å². The number of sulfonamides is 1. The van der Waals surface area contributed by atoms with Crippen LogP contribution in [0.15, 0.2) is 45.8 Å². The van der Waals surface area contributed by atoms with Crippen molar-refractivity contribution in [1.82, 2.24) is 0 Å². The van der Waals surface area contributed by atoms with Gasteiger partial charge in [-0.3, -0.25) is 4.72 Å². The maximum absolute atomic E-state index is 13.1. The van der Waals surface area contributed by atoms with Gasteiger partial charge in [0.25, 0.3) is 10.0 Å². The molecule has 0 aromatic heterocycles. The first kappa shape index (κ1) is 15.1. The highest BCUT2D eigenvalue weighted by Crippen LogP contribution is 2.29. The Morgan fingerprint density at radius 1 is 1.25 bits per heavy atom. The molecule has 0 amide bonds. The van der Waals surface area contributed by atoms with E-state index in [0.717, 1.165) is 6.07 Å². The van der Waals surface area contributed by atoms with Gasteiger partial charge in [-0.15, -0.1) is 0 Å². The lowest BCUT2D eigenvalue weighted by atomic mass is 10.3. The van der Waals surface area contributed by atoms with E-state index in [9.17, 15) is 12.8 Å². The molecule has 2 rings (SSSR count). The summed E-state index contributed by atoms with van der Waals surface area (Å²) >= 11 is 8.85. The molecular formula is C12H9BrClFN2O2S. The fraction of sp³-hybridized carbons (Fsp3) is 0. The van der Waals surface area contributed by atoms with Gasteiger partial charge in [0, 0.05) is 0 Å². The van der Waals surface area contributed by atoms with Gasteiger partial charge in [-0.1, -0.05) is 17.7 Å². The third-order valence-corrected chi connectivity index (χ3v) is 4.97. The number of rotatable bonds is 3. The molecule has 0 spiro atoms. The third-order valence-electron chi connectivity index (χ3n) is 2.44. The Morgan fingerprint density at radius 2 is 1.95 bits per heavy atom. The molecule has 20 heavy (non-hydrogen) atoms. The lowest BCUT2D eigenvalue weighted by Crippen LogP contribution is -2.15. The molecule has 106 valence electrons. The van der Waals surface area contributed by atoms with Gasteiger partial charge in [0.15, 0.2) is 0 Å². The Balaban J connectivity index is 2.43. The molecule has 2 aromatic carbocycles. The second-order valence-corrected chi connectivity index (χ2v) is 6.77. The highest BCUT2D eigenvalue weighted by Gasteiger charge is 2.21. The summed E-state index contributed by atoms with van der Waals surface area (Å²) in [5, 5.41) is 0.0127. The highest BCUT2D eigenvalue weighted by atomic mass is 79.9. The Bertz CT molecular complexity index is 748. The lowest BCUT2D eigenvalue weighted by Gasteiger charge is -2.11. The predicted molar refractivity (Wildman–Crippen MR) is 80.8 cm³/mol. The van der Waals surface area contributed by atoms with Crippen LogP contribution in [0.2, 0.25) is 5.02 Å². The van der Waals surface area contributed by atoms with Crippen molar-refractivity contribution in [2.45, 2.75) is 4.90 Å². The van der Waals surface area contributed by atoms with Crippen LogP contribution in [0.4, 0.5) is 15.8 Å². The number of nitrogens with two attached hydrogens (primary N) is 1. The molecule has 8 heteroatoms. The number of halogens is 3. The molecule has 2 aromatic rings. The first-order chi connectivity index (χ1) is 9.31. The van der Waals surface area contributed by atoms with Gasteiger partial charge in [0.2, 0.25) is 0 Å². The van der Waals surface area contributed by atoms with Crippen molar-refractivity contribution in [3.63, 3.8) is 0 Å². The normalized spacial score (nSPS) is 11.3. The standard InChI is InChI=1S/C12H9BrClFN2O2S/c13-8-6-7(4-5-10(8)15)17-20(18,19)12-9(14)2-1-3-11(12)16/h1-6,17H,16H2. The van der Waals surface area contributed by atoms with E-state index >= 15 is 0 Å². The van der Waals surface area contributed by atoms with Crippen molar-refractivity contribution in [1.29, 1.82) is 0 Å². The van der Waals surface area contributed by atoms with Crippen LogP contribution >= 0.6 is 27.5 Å². The molecule has 0 atom stereocenters. The summed E-state index contributed by atoms with van der Waals surface area (Å²) < 4.78 is 40.1. The monoisotopic (exact) mass is 378 g/mol. The predicted octanol–water partition coefficient (Wildman–Crippen LogP) is 3.62. The zero-order valence-corrected chi connectivity index (χ0v) is 13.1. The molecule has 4 nitrogen and oxygen atoms in total. The second-order valence-electron chi connectivity index (χ2n) is 3.89. The summed E-state index contributed by atoms with van der Waals surface area (Å²) in [5.74, 6) is -0.495. The van der Waals surface area contributed by atoms with Gasteiger partial charge < -0.3 is 5.73 Å². The van der Waals surface area contributed by atoms with Crippen LogP contribution in [0.1, 0.15) is 0 Å². The molecule has 0 aliphatic rings. The molecule has 3 N–H and O–H groups in total. The van der Waals surface area contributed by atoms with Crippen LogP contribution in [0, 0.1) is 5.82 Å². The molecule has 0 saturated carbocycles. The van der Waals surface area contributed by atoms with Crippen molar-refractivity contribution in [2.75, 3.05) is 10.5 Å². The van der Waals surface area contributed by atoms with Gasteiger partial charge in [-0.25, -0.2) is 12.8 Å². The summed E-state index contributed by atoms with van der Waals surface area (Å²) in [4.78, 5) is -0.206. The third kappa shape index (κ3) is 3.05. The second kappa shape index (κ2) is 5.59. The van der Waals surface area contributed by atoms with E-state index in [0.29, 0.717) is 0 Å². The van der Waals surface area contributed by atoms with Crippen LogP contribution in [-0.4, -0.2) is 8.42 Å². The van der Waals surface area contributed by atoms with Crippen LogP contribution in [-0.2, 0) is 10.0 Å². The average molecular weight is 380 g/mol. The van der Waals surface area contributed by atoms with Gasteiger partial charge in [-0.05, 0) is 46.3 Å². The molecule has 0 heterocycles. The molecule has 0 radical (unpaired) electrons. The largest absolute Gasteiger partial charge is 0.398 e. The van der Waals surface area contributed by atoms with E-state index in [1.165, 1.54) is 24.3 Å². The summed E-state index contributed by atoms with van der Waals surface area (Å²) in [6.07, 6.45) is 0. The van der Waals surface area contributed by atoms with E-state index in [4.69, 9.17) is 17.3 Å². The van der Waals surface area contributed by atoms with Gasteiger partial charge >= 0.3 is 0 Å². The van der Waals surface area contributed by atoms with Crippen LogP contribution < -0.4 is 10.5 Å². The molecular weight excluding hydrogens is 371 g/mol. The summed E-state index contributed by atoms with van der Waals surface area (Å²) in [7, 11) is -3.95. The smallest absolute Gasteiger partial charge is 0.265 e. The van der Waals surface area contributed by atoms with Crippen molar-refractivity contribution in [2.24, 2.45) is 0 Å². The van der Waals surface area contributed by atoms with Crippen LogP contribution in [0.25, 0.3) is 0 Å². The molecule has 0 aliphatic heterocycles. The maximum atomic E-state index is 13.1. The minimum absolute atomic E-state index is 0.0127. The number of hydrogen-bond donors (Lipinski definition) is 2. The number of nitrogen functional groups attached to an aromatic ring is 1. The quantitative estimate of drug-likeness (QED) is 0.800. The number of benzene rings is 2. The lowest BCUT2D eigenvalue weighted by molar-refractivity contribution is 0.601. The zero-order chi connectivity index (χ0) is 14.9. The van der Waals surface area contributed by atoms with Crippen molar-refractivity contribution >= 4 is 48.9 Å². The Morgan fingerprint density at radius 3 is 2.55 bits per heavy atom. The number of anilines is 2. The van der Waals surface area contributed by atoms with Gasteiger partial charge in [0.1, 0.15) is 10.7 Å². The first-order valence-corrected chi connectivity index (χ1v) is 7.98. The van der Waals surface area contributed by atoms with Crippen molar-refractivity contribution in [3.8, 4) is 0 Å². The van der Waals surface area contributed by atoms with Gasteiger partial charge in [0.05, 0.1) is 20.9 Å². The van der Waals surface area contributed by atoms with E-state index in [-0.39, 0.29) is 25.8 Å². The van der Waals surface area contributed by atoms with E-state index in [1.807, 2.05) is 0 Å². The topological polar surface area (TPSA) is 72.2 Å². The van der Waals surface area contributed by atoms with Crippen molar-refractivity contribution in [3.05, 3.63) is 51.7 Å². The van der Waals surface area contributed by atoms with E-state index in [1.54, 1.807) is 6.07 Å². The molecule has 0 aliphatic carbocycles. The summed E-state index contributed by atoms with van der Waals surface area (Å²) in [6, 6.07) is 8.14.